The molecule has 1 unspecified atom stereocenters. The number of carbonyl (C=O) groups excluding carboxylic acids is 1. The Balaban J connectivity index is 1.45. The zero-order chi connectivity index (χ0) is 18.8. The molecule has 2 saturated carbocycles. The van der Waals surface area contributed by atoms with Crippen LogP contribution in [-0.4, -0.2) is 17.2 Å². The second-order valence-corrected chi connectivity index (χ2v) is 9.40. The van der Waals surface area contributed by atoms with Gasteiger partial charge in [-0.15, -0.1) is 0 Å². The number of aryl methyl sites for hydroxylation is 1. The van der Waals surface area contributed by atoms with Gasteiger partial charge in [-0.05, 0) is 79.7 Å². The van der Waals surface area contributed by atoms with Crippen LogP contribution in [0.15, 0.2) is 23.8 Å². The lowest BCUT2D eigenvalue weighted by molar-refractivity contribution is -0.134. The lowest BCUT2D eigenvalue weighted by Gasteiger charge is -2.46. The zero-order valence-corrected chi connectivity index (χ0v) is 16.5. The molecular weight excluding hydrogens is 336 g/mol. The van der Waals surface area contributed by atoms with Gasteiger partial charge in [0, 0.05) is 17.3 Å². The van der Waals surface area contributed by atoms with Gasteiger partial charge < -0.3 is 9.84 Å². The quantitative estimate of drug-likeness (QED) is 0.599. The van der Waals surface area contributed by atoms with E-state index in [-0.39, 0.29) is 22.9 Å². The van der Waals surface area contributed by atoms with Crippen molar-refractivity contribution in [3.63, 3.8) is 0 Å². The van der Waals surface area contributed by atoms with Crippen LogP contribution < -0.4 is 4.74 Å². The van der Waals surface area contributed by atoms with E-state index >= 15 is 0 Å². The Morgan fingerprint density at radius 3 is 2.96 bits per heavy atom. The Morgan fingerprint density at radius 1 is 1.30 bits per heavy atom. The minimum Gasteiger partial charge on any atom is -0.427 e. The molecule has 0 aliphatic heterocycles. The van der Waals surface area contributed by atoms with Crippen LogP contribution in [0.4, 0.5) is 0 Å². The Morgan fingerprint density at radius 2 is 2.15 bits per heavy atom. The first-order valence-electron chi connectivity index (χ1n) is 10.7. The average molecular weight is 367 g/mol. The van der Waals surface area contributed by atoms with Gasteiger partial charge in [0.1, 0.15) is 5.75 Å². The van der Waals surface area contributed by atoms with Gasteiger partial charge in [-0.2, -0.15) is 0 Å². The van der Waals surface area contributed by atoms with Gasteiger partial charge in [0.2, 0.25) is 0 Å². The van der Waals surface area contributed by atoms with Crippen LogP contribution in [0.1, 0.15) is 76.3 Å². The van der Waals surface area contributed by atoms with E-state index < -0.39 is 0 Å². The Kier molecular flexibility index (Phi) is 3.85. The number of aliphatic hydroxyl groups excluding tert-OH is 1. The monoisotopic (exact) mass is 366 g/mol. The molecule has 4 aliphatic rings. The summed E-state index contributed by atoms with van der Waals surface area (Å²) in [6, 6.07) is 6.23. The van der Waals surface area contributed by atoms with E-state index in [0.717, 1.165) is 44.9 Å². The molecule has 1 spiro atoms. The van der Waals surface area contributed by atoms with E-state index in [1.165, 1.54) is 23.1 Å². The SMILES string of the molecule is CCCCC(=O)Oc1ccc2c(c1)CCC1=C2CC[C@]2(C)[C@H](O)C[C@@H]3CC132. The normalized spacial score (nSPS) is 35.8. The van der Waals surface area contributed by atoms with Gasteiger partial charge in [0.25, 0.3) is 0 Å². The van der Waals surface area contributed by atoms with E-state index in [1.807, 2.05) is 6.07 Å². The molecule has 144 valence electrons. The summed E-state index contributed by atoms with van der Waals surface area (Å²) >= 11 is 0. The van der Waals surface area contributed by atoms with E-state index in [0.29, 0.717) is 18.1 Å². The van der Waals surface area contributed by atoms with Crippen LogP contribution in [0.3, 0.4) is 0 Å². The first-order chi connectivity index (χ1) is 13.0. The molecule has 5 rings (SSSR count). The van der Waals surface area contributed by atoms with E-state index in [9.17, 15) is 9.90 Å². The highest BCUT2D eigenvalue weighted by atomic mass is 16.5. The summed E-state index contributed by atoms with van der Waals surface area (Å²) in [5.74, 6) is 1.27. The number of unbranched alkanes of at least 4 members (excludes halogenated alkanes) is 1. The molecular formula is C24H30O3. The third kappa shape index (κ3) is 2.33. The molecule has 1 aromatic rings. The molecule has 0 radical (unpaired) electrons. The minimum absolute atomic E-state index is 0.0861. The number of hydrogen-bond acceptors (Lipinski definition) is 3. The lowest BCUT2D eigenvalue weighted by Crippen LogP contribution is -2.41. The summed E-state index contributed by atoms with van der Waals surface area (Å²) in [6.07, 6.45) is 8.82. The highest BCUT2D eigenvalue weighted by Gasteiger charge is 2.74. The van der Waals surface area contributed by atoms with Gasteiger partial charge in [-0.25, -0.2) is 0 Å². The van der Waals surface area contributed by atoms with Crippen molar-refractivity contribution in [3.05, 3.63) is 34.9 Å². The van der Waals surface area contributed by atoms with Crippen molar-refractivity contribution in [1.82, 2.24) is 0 Å². The van der Waals surface area contributed by atoms with Crippen LogP contribution in [-0.2, 0) is 11.2 Å². The minimum atomic E-state index is -0.128. The summed E-state index contributed by atoms with van der Waals surface area (Å²) in [6.45, 7) is 4.42. The van der Waals surface area contributed by atoms with Crippen LogP contribution in [0, 0.1) is 16.7 Å². The largest absolute Gasteiger partial charge is 0.427 e. The number of carbonyl (C=O) groups is 1. The predicted octanol–water partition coefficient (Wildman–Crippen LogP) is 5.05. The highest BCUT2D eigenvalue weighted by molar-refractivity contribution is 5.78. The van der Waals surface area contributed by atoms with Crippen molar-refractivity contribution in [2.24, 2.45) is 16.7 Å². The molecule has 3 nitrogen and oxygen atoms in total. The molecule has 0 bridgehead atoms. The fourth-order valence-electron chi connectivity index (χ4n) is 6.62. The highest BCUT2D eigenvalue weighted by Crippen LogP contribution is 2.80. The molecule has 4 atom stereocenters. The average Bonchev–Trinajstić information content (AvgIpc) is 3.32. The molecule has 2 fully saturated rings. The predicted molar refractivity (Wildman–Crippen MR) is 105 cm³/mol. The number of esters is 1. The Bertz CT molecular complexity index is 838. The van der Waals surface area contributed by atoms with Crippen molar-refractivity contribution in [2.75, 3.05) is 0 Å². The fraction of sp³-hybridized carbons (Fsp3) is 0.625. The first-order valence-corrected chi connectivity index (χ1v) is 10.7. The first kappa shape index (κ1) is 17.5. The standard InChI is InChI=1S/C24H30O3/c1-3-4-5-22(26)27-17-7-8-18-15(12-17)6-9-20-19(18)10-11-23(2)21(25)13-16-14-24(16,20)23/h7-8,12,16,21,25H,3-6,9-11,13-14H2,1-2H3/t16-,21-,23-,24?/m1/s1. The smallest absolute Gasteiger partial charge is 0.311 e. The molecule has 4 aliphatic carbocycles. The summed E-state index contributed by atoms with van der Waals surface area (Å²) in [4.78, 5) is 12.0. The number of allylic oxidation sites excluding steroid dienone is 2. The number of rotatable bonds is 4. The van der Waals surface area contributed by atoms with Gasteiger partial charge in [-0.1, -0.05) is 31.9 Å². The molecule has 3 heteroatoms. The molecule has 1 aromatic carbocycles. The van der Waals surface area contributed by atoms with Gasteiger partial charge in [0.15, 0.2) is 0 Å². The number of benzene rings is 1. The topological polar surface area (TPSA) is 46.5 Å². The third-order valence-electron chi connectivity index (χ3n) is 8.18. The maximum absolute atomic E-state index is 12.0. The summed E-state index contributed by atoms with van der Waals surface area (Å²) < 4.78 is 5.56. The lowest BCUT2D eigenvalue weighted by atomic mass is 9.59. The Labute approximate surface area is 161 Å². The fourth-order valence-corrected chi connectivity index (χ4v) is 6.62. The molecule has 27 heavy (non-hydrogen) atoms. The van der Waals surface area contributed by atoms with Crippen molar-refractivity contribution < 1.29 is 14.6 Å². The summed E-state index contributed by atoms with van der Waals surface area (Å²) in [7, 11) is 0. The molecule has 0 heterocycles. The molecule has 0 saturated heterocycles. The number of aliphatic hydroxyl groups is 1. The number of fused-ring (bicyclic) bond motifs is 2. The van der Waals surface area contributed by atoms with Crippen molar-refractivity contribution >= 4 is 11.5 Å². The van der Waals surface area contributed by atoms with Crippen LogP contribution in [0.2, 0.25) is 0 Å². The van der Waals surface area contributed by atoms with Crippen LogP contribution in [0.25, 0.3) is 5.57 Å². The van der Waals surface area contributed by atoms with E-state index in [2.05, 4.69) is 26.0 Å². The van der Waals surface area contributed by atoms with E-state index in [4.69, 9.17) is 4.74 Å². The van der Waals surface area contributed by atoms with E-state index in [1.54, 1.807) is 5.57 Å². The van der Waals surface area contributed by atoms with Crippen molar-refractivity contribution in [1.29, 1.82) is 0 Å². The maximum Gasteiger partial charge on any atom is 0.311 e. The maximum atomic E-state index is 12.0. The van der Waals surface area contributed by atoms with Crippen molar-refractivity contribution in [2.45, 2.75) is 77.7 Å². The molecule has 0 amide bonds. The summed E-state index contributed by atoms with van der Waals surface area (Å²) in [5, 5.41) is 10.7. The van der Waals surface area contributed by atoms with Crippen molar-refractivity contribution in [3.8, 4) is 5.75 Å². The zero-order valence-electron chi connectivity index (χ0n) is 16.5. The second kappa shape index (κ2) is 5.94. The molecule has 0 aromatic heterocycles. The second-order valence-electron chi connectivity index (χ2n) is 9.40. The van der Waals surface area contributed by atoms with Gasteiger partial charge >= 0.3 is 5.97 Å². The Hall–Kier alpha value is -1.61. The van der Waals surface area contributed by atoms with Crippen LogP contribution in [0.5, 0.6) is 5.75 Å². The summed E-state index contributed by atoms with van der Waals surface area (Å²) in [5.41, 5.74) is 6.25. The molecule has 1 N–H and O–H groups in total. The van der Waals surface area contributed by atoms with Crippen LogP contribution >= 0.6 is 0 Å². The number of ether oxygens (including phenoxy) is 1. The van der Waals surface area contributed by atoms with Gasteiger partial charge in [0.05, 0.1) is 6.10 Å². The third-order valence-corrected chi connectivity index (χ3v) is 8.18. The van der Waals surface area contributed by atoms with Gasteiger partial charge in [-0.3, -0.25) is 4.79 Å². The number of hydrogen-bond donors (Lipinski definition) is 1.